The molecule has 5 aliphatic heterocycles. The van der Waals surface area contributed by atoms with E-state index in [4.69, 9.17) is 28.3 Å². The van der Waals surface area contributed by atoms with E-state index < -0.39 is 47.8 Å². The fraction of sp³-hybridized carbons (Fsp3) is 0.597. The highest BCUT2D eigenvalue weighted by molar-refractivity contribution is 9.11. The van der Waals surface area contributed by atoms with Gasteiger partial charge in [0.1, 0.15) is 12.0 Å². The van der Waals surface area contributed by atoms with Crippen molar-refractivity contribution >= 4 is 120 Å². The lowest BCUT2D eigenvalue weighted by Gasteiger charge is -2.34. The smallest absolute Gasteiger partial charge is 0.494 e. The van der Waals surface area contributed by atoms with Crippen LogP contribution >= 0.6 is 71.3 Å². The summed E-state index contributed by atoms with van der Waals surface area (Å²) in [6.07, 6.45) is 1.01. The number of carbonyl (C=O) groups is 1. The van der Waals surface area contributed by atoms with E-state index in [2.05, 4.69) is 118 Å². The fourth-order valence-electron chi connectivity index (χ4n) is 12.2. The first-order valence-electron chi connectivity index (χ1n) is 35.6. The number of nitrogens with zero attached hydrogens (tertiary/aromatic N) is 4. The van der Waals surface area contributed by atoms with Gasteiger partial charge in [0.25, 0.3) is 0 Å². The molecule has 0 bridgehead atoms. The zero-order valence-electron chi connectivity index (χ0n) is 63.6. The number of hydrogen-bond donors (Lipinski definition) is 1. The summed E-state index contributed by atoms with van der Waals surface area (Å²) in [5.74, 6) is 2.37. The summed E-state index contributed by atoms with van der Waals surface area (Å²) < 4.78 is 113. The first-order valence-corrected chi connectivity index (χ1v) is 44.9. The first kappa shape index (κ1) is 90.1. The number of halogens is 3. The van der Waals surface area contributed by atoms with E-state index in [-0.39, 0.29) is 49.6 Å². The monoisotopic (exact) mass is 1730 g/mol. The maximum Gasteiger partial charge on any atom is 0.494 e. The van der Waals surface area contributed by atoms with Gasteiger partial charge in [0, 0.05) is 119 Å². The number of rotatable bonds is 25. The van der Waals surface area contributed by atoms with Crippen molar-refractivity contribution in [2.45, 2.75) is 133 Å². The summed E-state index contributed by atoms with van der Waals surface area (Å²) in [5, 5.41) is 9.26. The van der Waals surface area contributed by atoms with Gasteiger partial charge in [0.05, 0.1) is 96.0 Å². The number of morpholine rings is 4. The van der Waals surface area contributed by atoms with Gasteiger partial charge in [-0.1, -0.05) is 129 Å². The summed E-state index contributed by atoms with van der Waals surface area (Å²) in [6.45, 7) is 45.4. The van der Waals surface area contributed by atoms with Gasteiger partial charge >= 0.3 is 7.12 Å². The van der Waals surface area contributed by atoms with Gasteiger partial charge in [-0.3, -0.25) is 19.6 Å². The molecule has 0 atom stereocenters. The molecule has 27 heteroatoms. The van der Waals surface area contributed by atoms with Crippen molar-refractivity contribution in [2.75, 3.05) is 160 Å². The van der Waals surface area contributed by atoms with Crippen LogP contribution in [0.25, 0.3) is 0 Å². The lowest BCUT2D eigenvalue weighted by molar-refractivity contribution is -0.113. The second-order valence-electron chi connectivity index (χ2n) is 32.2. The van der Waals surface area contributed by atoms with Crippen LogP contribution < -0.4 is 5.46 Å². The predicted octanol–water partition coefficient (Wildman–Crippen LogP) is 13.9. The topological polar surface area (TPSA) is 208 Å². The molecule has 5 saturated heterocycles. The maximum atomic E-state index is 13.0. The molecule has 0 aromatic heterocycles. The Morgan fingerprint density at radius 1 is 0.413 bits per heavy atom. The number of thioether (sulfide) groups is 2. The molecule has 0 amide bonds. The Labute approximate surface area is 657 Å². The second-order valence-corrected chi connectivity index (χ2v) is 43.0. The van der Waals surface area contributed by atoms with Crippen molar-refractivity contribution in [2.24, 2.45) is 27.1 Å². The summed E-state index contributed by atoms with van der Waals surface area (Å²) >= 11 is 13.8. The lowest BCUT2D eigenvalue weighted by Crippen LogP contribution is -2.44. The molecule has 0 aliphatic carbocycles. The standard InChI is InChI=1S/C21H34BNO5S.C15H22BrNO3S.C15H22BrNOS.C15H23NO4S.C11H13BrOS/c1-19(2,15-23-11-13-26-14-12-23)16-29(24,25)18-9-7-17(8-10-18)22-27-20(3,4)21(5,6)28-22;1-15(2,11-17-7-9-20-10-8-17)12-21(18,19)14-5-3-13(16)4-6-14;1-15(2,11-17-7-9-18-10-8-17)12-19-14-5-3-13(16)4-6-14;1-15(2,11-16-7-9-20-10-8-16)12-21(18,19)14-5-3-13(17)4-6-14;1-11(2,7-13)8-14-10-5-3-9(12)4-6-10/h7-10H,11-16H2,1-6H3;3-6H,7-12H2,1-2H3;3-6H,7-12H2,1-2H3;3-6,17H,7-12H2,1-2H3;3-7H,8H2,1-2H3. The number of sulfone groups is 3. The van der Waals surface area contributed by atoms with E-state index in [0.29, 0.717) is 41.6 Å². The minimum Gasteiger partial charge on any atom is -0.508 e. The molecule has 0 unspecified atom stereocenters. The van der Waals surface area contributed by atoms with Crippen molar-refractivity contribution in [3.05, 3.63) is 135 Å². The average Bonchev–Trinajstić information content (AvgIpc) is 1.50. The summed E-state index contributed by atoms with van der Waals surface area (Å²) in [5.41, 5.74) is -0.905. The highest BCUT2D eigenvalue weighted by atomic mass is 79.9. The Hall–Kier alpha value is -2.78. The van der Waals surface area contributed by atoms with Crippen LogP contribution in [0.15, 0.2) is 159 Å². The van der Waals surface area contributed by atoms with Crippen molar-refractivity contribution in [3.8, 4) is 5.75 Å². The van der Waals surface area contributed by atoms with Crippen molar-refractivity contribution in [1.82, 2.24) is 19.6 Å². The number of carbonyl (C=O) groups excluding carboxylic acids is 1. The van der Waals surface area contributed by atoms with Gasteiger partial charge in [-0.2, -0.15) is 0 Å². The number of phenols is 1. The number of ether oxygens (including phenoxy) is 4. The minimum absolute atomic E-state index is 0.0709. The van der Waals surface area contributed by atoms with E-state index >= 15 is 0 Å². The molecule has 5 aromatic carbocycles. The Morgan fingerprint density at radius 2 is 0.673 bits per heavy atom. The summed E-state index contributed by atoms with van der Waals surface area (Å²) in [7, 11) is -10.5. The molecule has 0 spiro atoms. The average molecular weight is 1730 g/mol. The lowest BCUT2D eigenvalue weighted by atomic mass is 9.79. The van der Waals surface area contributed by atoms with Crippen LogP contribution in [0, 0.1) is 27.1 Å². The third-order valence-electron chi connectivity index (χ3n) is 18.1. The van der Waals surface area contributed by atoms with Crippen LogP contribution in [0.5, 0.6) is 5.75 Å². The number of phenolic OH excluding ortho intramolecular Hbond substituents is 1. The highest BCUT2D eigenvalue weighted by Crippen LogP contribution is 2.37. The molecule has 5 aliphatic rings. The molecule has 18 nitrogen and oxygen atoms in total. The van der Waals surface area contributed by atoms with Gasteiger partial charge < -0.3 is 38.2 Å². The molecule has 5 heterocycles. The van der Waals surface area contributed by atoms with Crippen molar-refractivity contribution < 1.29 is 63.4 Å². The van der Waals surface area contributed by atoms with Gasteiger partial charge in [-0.15, -0.1) is 23.5 Å². The molecule has 104 heavy (non-hydrogen) atoms. The second kappa shape index (κ2) is 40.4. The van der Waals surface area contributed by atoms with Crippen LogP contribution in [0.3, 0.4) is 0 Å². The number of aldehydes is 1. The summed E-state index contributed by atoms with van der Waals surface area (Å²) in [4.78, 5) is 23.5. The Kier molecular flexibility index (Phi) is 35.0. The number of benzene rings is 5. The van der Waals surface area contributed by atoms with Gasteiger partial charge in [0.2, 0.25) is 0 Å². The number of aromatic hydroxyl groups is 1. The molecule has 10 rings (SSSR count). The maximum absolute atomic E-state index is 13.0. The zero-order chi connectivity index (χ0) is 76.8. The van der Waals surface area contributed by atoms with Crippen LogP contribution in [0.4, 0.5) is 0 Å². The third-order valence-corrected chi connectivity index (χ3v) is 29.2. The van der Waals surface area contributed by atoms with Gasteiger partial charge in [-0.25, -0.2) is 25.3 Å². The number of hydrogen-bond acceptors (Lipinski definition) is 20. The molecule has 5 aromatic rings. The molecular weight excluding hydrogens is 1620 g/mol. The van der Waals surface area contributed by atoms with Crippen molar-refractivity contribution in [3.63, 3.8) is 0 Å². The van der Waals surface area contributed by atoms with E-state index in [1.165, 1.54) is 34.1 Å². The Morgan fingerprint density at radius 3 is 0.971 bits per heavy atom. The normalized spacial score (nSPS) is 18.3. The molecule has 0 radical (unpaired) electrons. The highest BCUT2D eigenvalue weighted by Gasteiger charge is 2.52. The van der Waals surface area contributed by atoms with Crippen molar-refractivity contribution in [1.29, 1.82) is 0 Å². The zero-order valence-corrected chi connectivity index (χ0v) is 72.4. The van der Waals surface area contributed by atoms with Gasteiger partial charge in [0.15, 0.2) is 29.5 Å². The summed E-state index contributed by atoms with van der Waals surface area (Å²) in [6, 6.07) is 36.2. The molecular formula is C77H114BBr3N4O14S5. The fourth-order valence-corrected chi connectivity index (χ4v) is 20.4. The van der Waals surface area contributed by atoms with E-state index in [0.717, 1.165) is 142 Å². The Bertz CT molecular complexity index is 3640. The van der Waals surface area contributed by atoms with Crippen LogP contribution in [0.1, 0.15) is 96.9 Å². The largest absolute Gasteiger partial charge is 0.508 e. The van der Waals surface area contributed by atoms with Crippen LogP contribution in [0.2, 0.25) is 0 Å². The van der Waals surface area contributed by atoms with Crippen LogP contribution in [-0.4, -0.2) is 235 Å². The molecule has 5 fully saturated rings. The third kappa shape index (κ3) is 31.9. The SMILES string of the molecule is CC(C)(C=O)CSc1ccc(Br)cc1.CC(C)(CN1CCOCC1)CS(=O)(=O)c1ccc(B2OC(C)(C)C(C)(C)O2)cc1.CC(C)(CN1CCOCC1)CS(=O)(=O)c1ccc(Br)cc1.CC(C)(CN1CCOCC1)CS(=O)(=O)c1ccc(O)cc1.CC(C)(CSc1ccc(Br)cc1)CN1CCOCC1. The predicted molar refractivity (Wildman–Crippen MR) is 434 cm³/mol. The van der Waals surface area contributed by atoms with E-state index in [1.54, 1.807) is 60.3 Å². The van der Waals surface area contributed by atoms with E-state index in [9.17, 15) is 35.2 Å². The first-order chi connectivity index (χ1) is 48.5. The Balaban J connectivity index is 0.000000208. The van der Waals surface area contributed by atoms with Crippen LogP contribution in [-0.2, 0) is 62.6 Å². The van der Waals surface area contributed by atoms with Gasteiger partial charge in [-0.05, 0) is 164 Å². The quantitative estimate of drug-likeness (QED) is 0.0327. The minimum atomic E-state index is -3.39. The molecule has 0 saturated carbocycles. The van der Waals surface area contributed by atoms with E-state index in [1.807, 2.05) is 107 Å². The molecule has 1 N–H and O–H groups in total. The molecule has 580 valence electrons.